The summed E-state index contributed by atoms with van der Waals surface area (Å²) in [6, 6.07) is -0.199. The van der Waals surface area contributed by atoms with Crippen LogP contribution in [0.2, 0.25) is 0 Å². The third-order valence-electron chi connectivity index (χ3n) is 3.10. The number of hydrogen-bond donors (Lipinski definition) is 2. The van der Waals surface area contributed by atoms with Gasteiger partial charge in [0.25, 0.3) is 0 Å². The summed E-state index contributed by atoms with van der Waals surface area (Å²) in [5, 5.41) is 2.79. The van der Waals surface area contributed by atoms with Crippen molar-refractivity contribution in [1.29, 1.82) is 0 Å². The van der Waals surface area contributed by atoms with E-state index in [1.54, 1.807) is 0 Å². The van der Waals surface area contributed by atoms with Crippen molar-refractivity contribution >= 4 is 11.7 Å². The molecule has 17 heavy (non-hydrogen) atoms. The maximum atomic E-state index is 11.8. The van der Waals surface area contributed by atoms with Crippen molar-refractivity contribution in [2.24, 2.45) is 11.7 Å². The lowest BCUT2D eigenvalue weighted by molar-refractivity contribution is -0.128. The number of Topliss-reactive ketones (excluding diaryl/α,β-unsaturated/α-hetero) is 1. The van der Waals surface area contributed by atoms with E-state index >= 15 is 0 Å². The minimum Gasteiger partial charge on any atom is -0.345 e. The summed E-state index contributed by atoms with van der Waals surface area (Å²) in [5.41, 5.74) is 5.77. The van der Waals surface area contributed by atoms with E-state index in [4.69, 9.17) is 5.73 Å². The zero-order valence-electron chi connectivity index (χ0n) is 10.9. The van der Waals surface area contributed by atoms with Gasteiger partial charge in [-0.2, -0.15) is 0 Å². The van der Waals surface area contributed by atoms with Gasteiger partial charge in [-0.1, -0.05) is 13.8 Å². The van der Waals surface area contributed by atoms with Crippen molar-refractivity contribution in [2.45, 2.75) is 39.3 Å². The Bertz CT molecular complexity index is 291. The molecule has 0 bridgehead atoms. The lowest BCUT2D eigenvalue weighted by atomic mass is 10.0. The number of carbonyl (C=O) groups excluding carboxylic acids is 2. The zero-order valence-corrected chi connectivity index (χ0v) is 10.9. The minimum absolute atomic E-state index is 0.00599. The number of hydrogen-bond acceptors (Lipinski definition) is 4. The minimum atomic E-state index is -0.376. The molecule has 1 aliphatic rings. The van der Waals surface area contributed by atoms with E-state index in [2.05, 4.69) is 5.32 Å². The first-order chi connectivity index (χ1) is 7.90. The van der Waals surface area contributed by atoms with Gasteiger partial charge in [-0.3, -0.25) is 14.5 Å². The van der Waals surface area contributed by atoms with Gasteiger partial charge in [0.05, 0.1) is 12.6 Å². The molecule has 2 unspecified atom stereocenters. The van der Waals surface area contributed by atoms with Crippen LogP contribution in [0.1, 0.15) is 27.2 Å². The molecule has 1 rings (SSSR count). The van der Waals surface area contributed by atoms with Gasteiger partial charge in [-0.25, -0.2) is 0 Å². The Labute approximate surface area is 103 Å². The Balaban J connectivity index is 2.40. The predicted molar refractivity (Wildman–Crippen MR) is 66.5 cm³/mol. The highest BCUT2D eigenvalue weighted by Gasteiger charge is 2.24. The van der Waals surface area contributed by atoms with Gasteiger partial charge in [-0.05, 0) is 19.3 Å². The number of rotatable bonds is 5. The van der Waals surface area contributed by atoms with Crippen LogP contribution in [0.25, 0.3) is 0 Å². The number of nitrogens with two attached hydrogens (primary N) is 1. The molecule has 0 saturated carbocycles. The van der Waals surface area contributed by atoms with E-state index in [0.29, 0.717) is 6.54 Å². The van der Waals surface area contributed by atoms with Gasteiger partial charge < -0.3 is 11.1 Å². The summed E-state index contributed by atoms with van der Waals surface area (Å²) in [5.74, 6) is 0.0387. The Morgan fingerprint density at radius 2 is 2.12 bits per heavy atom. The Morgan fingerprint density at radius 3 is 2.53 bits per heavy atom. The fourth-order valence-corrected chi connectivity index (χ4v) is 2.17. The molecule has 0 aromatic heterocycles. The molecule has 1 fully saturated rings. The second-order valence-corrected chi connectivity index (χ2v) is 5.18. The average Bonchev–Trinajstić information content (AvgIpc) is 2.59. The van der Waals surface area contributed by atoms with E-state index < -0.39 is 0 Å². The monoisotopic (exact) mass is 241 g/mol. The number of amides is 1. The number of nitrogens with one attached hydrogen (secondary N) is 1. The first-order valence-electron chi connectivity index (χ1n) is 6.18. The van der Waals surface area contributed by atoms with Crippen LogP contribution < -0.4 is 11.1 Å². The summed E-state index contributed by atoms with van der Waals surface area (Å²) in [6.07, 6.45) is 0.938. The molecule has 0 spiro atoms. The van der Waals surface area contributed by atoms with Crippen LogP contribution in [0.4, 0.5) is 0 Å². The van der Waals surface area contributed by atoms with E-state index in [1.165, 1.54) is 6.92 Å². The van der Waals surface area contributed by atoms with Crippen molar-refractivity contribution in [2.75, 3.05) is 19.6 Å². The molecule has 0 aromatic carbocycles. The van der Waals surface area contributed by atoms with Crippen LogP contribution in [0, 0.1) is 5.92 Å². The van der Waals surface area contributed by atoms with E-state index in [9.17, 15) is 9.59 Å². The second-order valence-electron chi connectivity index (χ2n) is 5.18. The van der Waals surface area contributed by atoms with Crippen LogP contribution in [-0.2, 0) is 9.59 Å². The maximum Gasteiger partial charge on any atom is 0.234 e. The quantitative estimate of drug-likeness (QED) is 0.696. The van der Waals surface area contributed by atoms with Crippen LogP contribution in [0.15, 0.2) is 0 Å². The maximum absolute atomic E-state index is 11.8. The van der Waals surface area contributed by atoms with E-state index in [-0.39, 0.29) is 29.7 Å². The van der Waals surface area contributed by atoms with Gasteiger partial charge in [0.2, 0.25) is 5.91 Å². The van der Waals surface area contributed by atoms with Gasteiger partial charge in [-0.15, -0.1) is 0 Å². The van der Waals surface area contributed by atoms with Crippen molar-refractivity contribution in [3.05, 3.63) is 0 Å². The predicted octanol–water partition coefficient (Wildman–Crippen LogP) is -0.251. The Kier molecular flexibility index (Phi) is 5.08. The summed E-state index contributed by atoms with van der Waals surface area (Å²) < 4.78 is 0. The topological polar surface area (TPSA) is 75.4 Å². The van der Waals surface area contributed by atoms with Gasteiger partial charge in [0.15, 0.2) is 5.78 Å². The molecule has 5 nitrogen and oxygen atoms in total. The number of carbonyl (C=O) groups is 2. The highest BCUT2D eigenvalue weighted by atomic mass is 16.2. The highest BCUT2D eigenvalue weighted by molar-refractivity contribution is 5.88. The second kappa shape index (κ2) is 6.12. The van der Waals surface area contributed by atoms with E-state index in [1.807, 2.05) is 18.7 Å². The molecule has 0 radical (unpaired) electrons. The van der Waals surface area contributed by atoms with Crippen LogP contribution in [-0.4, -0.2) is 48.3 Å². The molecule has 1 aliphatic heterocycles. The molecule has 2 atom stereocenters. The Hall–Kier alpha value is -0.940. The van der Waals surface area contributed by atoms with E-state index in [0.717, 1.165) is 19.5 Å². The zero-order chi connectivity index (χ0) is 13.0. The van der Waals surface area contributed by atoms with Gasteiger partial charge in [0.1, 0.15) is 0 Å². The molecule has 1 heterocycles. The standard InChI is InChI=1S/C12H23N3O2/c1-8(2)12(9(3)16)14-11(17)7-15-5-4-10(13)6-15/h8,10,12H,4-7,13H2,1-3H3,(H,14,17). The number of ketones is 1. The lowest BCUT2D eigenvalue weighted by Crippen LogP contribution is -2.47. The van der Waals surface area contributed by atoms with Crippen LogP contribution in [0.5, 0.6) is 0 Å². The highest BCUT2D eigenvalue weighted by Crippen LogP contribution is 2.07. The normalized spacial score (nSPS) is 22.8. The van der Waals surface area contributed by atoms with Crippen molar-refractivity contribution in [3.63, 3.8) is 0 Å². The number of nitrogens with zero attached hydrogens (tertiary/aromatic N) is 1. The summed E-state index contributed by atoms with van der Waals surface area (Å²) in [4.78, 5) is 25.2. The van der Waals surface area contributed by atoms with Crippen LogP contribution >= 0.6 is 0 Å². The summed E-state index contributed by atoms with van der Waals surface area (Å²) >= 11 is 0. The first kappa shape index (κ1) is 14.1. The SMILES string of the molecule is CC(=O)C(NC(=O)CN1CCC(N)C1)C(C)C. The average molecular weight is 241 g/mol. The van der Waals surface area contributed by atoms with Gasteiger partial charge >= 0.3 is 0 Å². The van der Waals surface area contributed by atoms with Crippen LogP contribution in [0.3, 0.4) is 0 Å². The van der Waals surface area contributed by atoms with Gasteiger partial charge in [0, 0.05) is 19.1 Å². The largest absolute Gasteiger partial charge is 0.345 e. The summed E-state index contributed by atoms with van der Waals surface area (Å²) in [7, 11) is 0. The fraction of sp³-hybridized carbons (Fsp3) is 0.833. The molecule has 3 N–H and O–H groups in total. The fourth-order valence-electron chi connectivity index (χ4n) is 2.17. The molecular formula is C12H23N3O2. The smallest absolute Gasteiger partial charge is 0.234 e. The molecule has 5 heteroatoms. The molecule has 98 valence electrons. The lowest BCUT2D eigenvalue weighted by Gasteiger charge is -2.21. The molecule has 1 saturated heterocycles. The molecular weight excluding hydrogens is 218 g/mol. The molecule has 1 amide bonds. The summed E-state index contributed by atoms with van der Waals surface area (Å²) in [6.45, 7) is 7.33. The number of likely N-dealkylation sites (tertiary alicyclic amines) is 1. The molecule has 0 aliphatic carbocycles. The van der Waals surface area contributed by atoms with Crippen molar-refractivity contribution in [1.82, 2.24) is 10.2 Å². The first-order valence-corrected chi connectivity index (χ1v) is 6.18. The third kappa shape index (κ3) is 4.44. The van der Waals surface area contributed by atoms with Crippen molar-refractivity contribution in [3.8, 4) is 0 Å². The Morgan fingerprint density at radius 1 is 1.47 bits per heavy atom. The molecule has 0 aromatic rings. The van der Waals surface area contributed by atoms with Crippen molar-refractivity contribution < 1.29 is 9.59 Å². The third-order valence-corrected chi connectivity index (χ3v) is 3.10.